The number of rotatable bonds is 8. The summed E-state index contributed by atoms with van der Waals surface area (Å²) in [5, 5.41) is 19.6. The van der Waals surface area contributed by atoms with Crippen LogP contribution in [0.5, 0.6) is 0 Å². The Morgan fingerprint density at radius 2 is 2.00 bits per heavy atom. The molecule has 0 aliphatic carbocycles. The first-order chi connectivity index (χ1) is 11.0. The molecule has 0 radical (unpaired) electrons. The van der Waals surface area contributed by atoms with Crippen molar-refractivity contribution >= 4 is 5.91 Å². The first-order valence-electron chi connectivity index (χ1n) is 7.23. The van der Waals surface area contributed by atoms with Gasteiger partial charge < -0.3 is 10.4 Å². The number of carbonyl (C=O) groups is 1. The van der Waals surface area contributed by atoms with Gasteiger partial charge in [-0.2, -0.15) is 10.2 Å². The molecule has 1 heterocycles. The van der Waals surface area contributed by atoms with Crippen molar-refractivity contribution in [2.75, 3.05) is 6.61 Å². The summed E-state index contributed by atoms with van der Waals surface area (Å²) in [6.45, 7) is -0.611. The van der Waals surface area contributed by atoms with E-state index in [1.807, 2.05) is 0 Å². The van der Waals surface area contributed by atoms with E-state index in [0.29, 0.717) is 19.3 Å². The second-order valence-electron chi connectivity index (χ2n) is 5.32. The minimum Gasteiger partial charge on any atom is -0.394 e. The van der Waals surface area contributed by atoms with Gasteiger partial charge in [-0.05, 0) is 12.1 Å². The van der Waals surface area contributed by atoms with E-state index in [0.717, 1.165) is 12.1 Å². The standard InChI is InChI=1S/C16H17F2N3O2/c1-2-3-8-16(20-21-16)9-7-14(23)19-13(10-22)15-11(17)5-4-6-12(15)18/h1,4-6,13,22H,3,7-10H2,(H,19,23). The number of aliphatic hydroxyl groups excluding tert-OH is 1. The average molecular weight is 321 g/mol. The average Bonchev–Trinajstić information content (AvgIpc) is 3.30. The monoisotopic (exact) mass is 321 g/mol. The van der Waals surface area contributed by atoms with Crippen molar-refractivity contribution in [3.63, 3.8) is 0 Å². The normalized spacial score (nSPS) is 15.7. The van der Waals surface area contributed by atoms with Gasteiger partial charge in [0.05, 0.1) is 12.6 Å². The van der Waals surface area contributed by atoms with Gasteiger partial charge in [-0.15, -0.1) is 12.3 Å². The number of halogens is 2. The van der Waals surface area contributed by atoms with E-state index in [1.54, 1.807) is 0 Å². The van der Waals surface area contributed by atoms with Crippen molar-refractivity contribution in [3.8, 4) is 12.3 Å². The third-order valence-corrected chi connectivity index (χ3v) is 3.67. The summed E-state index contributed by atoms with van der Waals surface area (Å²) < 4.78 is 27.4. The highest BCUT2D eigenvalue weighted by Crippen LogP contribution is 2.37. The van der Waals surface area contributed by atoms with Crippen LogP contribution in [0.2, 0.25) is 0 Å². The Balaban J connectivity index is 1.92. The first kappa shape index (κ1) is 17.0. The number of amides is 1. The minimum atomic E-state index is -1.14. The molecule has 1 unspecified atom stereocenters. The summed E-state index contributed by atoms with van der Waals surface area (Å²) in [4.78, 5) is 12.0. The van der Waals surface area contributed by atoms with E-state index in [1.165, 1.54) is 6.07 Å². The number of benzene rings is 1. The van der Waals surface area contributed by atoms with Crippen molar-refractivity contribution in [1.82, 2.24) is 5.32 Å². The van der Waals surface area contributed by atoms with Crippen LogP contribution in [0.3, 0.4) is 0 Å². The predicted molar refractivity (Wildman–Crippen MR) is 79.2 cm³/mol. The van der Waals surface area contributed by atoms with Gasteiger partial charge >= 0.3 is 0 Å². The maximum atomic E-state index is 13.7. The van der Waals surface area contributed by atoms with Gasteiger partial charge in [0.25, 0.3) is 0 Å². The lowest BCUT2D eigenvalue weighted by molar-refractivity contribution is -0.122. The van der Waals surface area contributed by atoms with Crippen molar-refractivity contribution in [2.45, 2.75) is 37.4 Å². The molecule has 7 heteroatoms. The summed E-state index contributed by atoms with van der Waals surface area (Å²) in [5.41, 5.74) is -0.951. The third kappa shape index (κ3) is 4.33. The fourth-order valence-corrected chi connectivity index (χ4v) is 2.30. The van der Waals surface area contributed by atoms with Gasteiger partial charge in [0.15, 0.2) is 5.66 Å². The quantitative estimate of drug-likeness (QED) is 0.722. The highest BCUT2D eigenvalue weighted by Gasteiger charge is 2.39. The lowest BCUT2D eigenvalue weighted by Gasteiger charge is -2.18. The molecule has 2 N–H and O–H groups in total. The molecule has 0 spiro atoms. The highest BCUT2D eigenvalue weighted by molar-refractivity contribution is 5.76. The largest absolute Gasteiger partial charge is 0.394 e. The molecular weight excluding hydrogens is 304 g/mol. The molecule has 0 bridgehead atoms. The van der Waals surface area contributed by atoms with Crippen molar-refractivity contribution in [2.24, 2.45) is 10.2 Å². The molecule has 1 aromatic carbocycles. The lowest BCUT2D eigenvalue weighted by atomic mass is 10.0. The summed E-state index contributed by atoms with van der Waals surface area (Å²) >= 11 is 0. The molecule has 0 aromatic heterocycles. The molecule has 0 saturated carbocycles. The van der Waals surface area contributed by atoms with Crippen molar-refractivity contribution in [3.05, 3.63) is 35.4 Å². The number of nitrogens with zero attached hydrogens (tertiary/aromatic N) is 2. The summed E-state index contributed by atoms with van der Waals surface area (Å²) in [6, 6.07) is 2.22. The third-order valence-electron chi connectivity index (χ3n) is 3.67. The summed E-state index contributed by atoms with van der Waals surface area (Å²) in [6.07, 6.45) is 6.71. The maximum absolute atomic E-state index is 13.7. The van der Waals surface area contributed by atoms with Gasteiger partial charge in [0.2, 0.25) is 5.91 Å². The fourth-order valence-electron chi connectivity index (χ4n) is 2.30. The molecule has 1 amide bonds. The zero-order valence-electron chi connectivity index (χ0n) is 12.4. The first-order valence-corrected chi connectivity index (χ1v) is 7.23. The van der Waals surface area contributed by atoms with Gasteiger partial charge in [0.1, 0.15) is 11.6 Å². The fraction of sp³-hybridized carbons (Fsp3) is 0.438. The number of nitrogens with one attached hydrogen (secondary N) is 1. The molecule has 122 valence electrons. The van der Waals surface area contributed by atoms with E-state index in [-0.39, 0.29) is 12.0 Å². The Hall–Kier alpha value is -2.33. The van der Waals surface area contributed by atoms with Gasteiger partial charge in [-0.3, -0.25) is 4.79 Å². The van der Waals surface area contributed by atoms with Crippen LogP contribution in [-0.2, 0) is 4.79 Å². The lowest BCUT2D eigenvalue weighted by Crippen LogP contribution is -2.32. The summed E-state index contributed by atoms with van der Waals surface area (Å²) in [7, 11) is 0. The Morgan fingerprint density at radius 3 is 2.52 bits per heavy atom. The Kier molecular flexibility index (Phi) is 5.40. The van der Waals surface area contributed by atoms with E-state index in [9.17, 15) is 18.7 Å². The predicted octanol–water partition coefficient (Wildman–Crippen LogP) is 2.47. The molecule has 23 heavy (non-hydrogen) atoms. The Bertz CT molecular complexity index is 629. The van der Waals surface area contributed by atoms with Crippen LogP contribution in [0.4, 0.5) is 8.78 Å². The number of aliphatic hydroxyl groups is 1. The molecular formula is C16H17F2N3O2. The molecule has 0 fully saturated rings. The van der Waals surface area contributed by atoms with E-state index < -0.39 is 35.9 Å². The Labute approximate surface area is 132 Å². The van der Waals surface area contributed by atoms with Crippen LogP contribution >= 0.6 is 0 Å². The molecule has 0 saturated heterocycles. The number of hydrogen-bond acceptors (Lipinski definition) is 4. The van der Waals surface area contributed by atoms with Crippen molar-refractivity contribution in [1.29, 1.82) is 0 Å². The van der Waals surface area contributed by atoms with Crippen LogP contribution in [-0.4, -0.2) is 23.3 Å². The molecule has 1 atom stereocenters. The number of carbonyl (C=O) groups excluding carboxylic acids is 1. The minimum absolute atomic E-state index is 0.0736. The van der Waals surface area contributed by atoms with Crippen molar-refractivity contribution < 1.29 is 18.7 Å². The molecule has 1 aliphatic rings. The number of terminal acetylenes is 1. The van der Waals surface area contributed by atoms with Crippen LogP contribution in [0, 0.1) is 24.0 Å². The smallest absolute Gasteiger partial charge is 0.220 e. The Morgan fingerprint density at radius 1 is 1.35 bits per heavy atom. The van der Waals surface area contributed by atoms with Gasteiger partial charge in [0, 0.05) is 31.2 Å². The topological polar surface area (TPSA) is 74.0 Å². The molecule has 1 aliphatic heterocycles. The van der Waals surface area contributed by atoms with Gasteiger partial charge in [-0.25, -0.2) is 8.78 Å². The molecule has 5 nitrogen and oxygen atoms in total. The van der Waals surface area contributed by atoms with Gasteiger partial charge in [-0.1, -0.05) is 6.07 Å². The maximum Gasteiger partial charge on any atom is 0.220 e. The zero-order chi connectivity index (χ0) is 16.9. The van der Waals surface area contributed by atoms with E-state index >= 15 is 0 Å². The van der Waals surface area contributed by atoms with Crippen LogP contribution < -0.4 is 5.32 Å². The highest BCUT2D eigenvalue weighted by atomic mass is 19.1. The molecule has 2 rings (SSSR count). The second kappa shape index (κ2) is 7.29. The van der Waals surface area contributed by atoms with Crippen LogP contribution in [0.1, 0.15) is 37.3 Å². The zero-order valence-corrected chi connectivity index (χ0v) is 12.4. The SMILES string of the molecule is C#CCCC1(CCC(=O)NC(CO)c2c(F)cccc2F)N=N1. The summed E-state index contributed by atoms with van der Waals surface area (Å²) in [5.74, 6) is 0.414. The van der Waals surface area contributed by atoms with Crippen LogP contribution in [0.25, 0.3) is 0 Å². The second-order valence-corrected chi connectivity index (χ2v) is 5.32. The van der Waals surface area contributed by atoms with Crippen LogP contribution in [0.15, 0.2) is 28.4 Å². The molecule has 1 aromatic rings. The van der Waals surface area contributed by atoms with E-state index in [4.69, 9.17) is 6.42 Å². The van der Waals surface area contributed by atoms with E-state index in [2.05, 4.69) is 21.5 Å². The number of hydrogen-bond donors (Lipinski definition) is 2.